The predicted molar refractivity (Wildman–Crippen MR) is 81.1 cm³/mol. The van der Waals surface area contributed by atoms with E-state index < -0.39 is 6.10 Å². The Kier molecular flexibility index (Phi) is 4.39. The van der Waals surface area contributed by atoms with Crippen LogP contribution < -0.4 is 4.74 Å². The number of carbonyl (C=O) groups excluding carboxylic acids is 1. The number of ether oxygens (including phenoxy) is 2. The number of morpholine rings is 1. The van der Waals surface area contributed by atoms with Gasteiger partial charge in [0.2, 0.25) is 5.88 Å². The summed E-state index contributed by atoms with van der Waals surface area (Å²) in [5.74, 6) is 0.413. The van der Waals surface area contributed by atoms with Gasteiger partial charge in [-0.15, -0.1) is 5.10 Å². The van der Waals surface area contributed by atoms with E-state index in [9.17, 15) is 4.79 Å². The largest absolute Gasteiger partial charge is 0.463 e. The summed E-state index contributed by atoms with van der Waals surface area (Å²) < 4.78 is 12.6. The highest BCUT2D eigenvalue weighted by atomic mass is 16.5. The highest BCUT2D eigenvalue weighted by Gasteiger charge is 2.24. The van der Waals surface area contributed by atoms with Crippen molar-refractivity contribution in [1.82, 2.24) is 14.7 Å². The summed E-state index contributed by atoms with van der Waals surface area (Å²) in [4.78, 5) is 14.1. The second-order valence-electron chi connectivity index (χ2n) is 5.13. The van der Waals surface area contributed by atoms with Crippen molar-refractivity contribution >= 4 is 5.91 Å². The van der Waals surface area contributed by atoms with E-state index in [-0.39, 0.29) is 5.91 Å². The van der Waals surface area contributed by atoms with E-state index in [0.29, 0.717) is 32.2 Å². The number of rotatable bonds is 4. The van der Waals surface area contributed by atoms with Gasteiger partial charge in [0.1, 0.15) is 0 Å². The van der Waals surface area contributed by atoms with Crippen molar-refractivity contribution in [2.75, 3.05) is 26.3 Å². The van der Waals surface area contributed by atoms with Gasteiger partial charge in [-0.3, -0.25) is 4.79 Å². The summed E-state index contributed by atoms with van der Waals surface area (Å²) in [6.07, 6.45) is 1.26. The molecule has 1 amide bonds. The van der Waals surface area contributed by atoms with Crippen molar-refractivity contribution in [2.45, 2.75) is 13.0 Å². The van der Waals surface area contributed by atoms with Crippen LogP contribution in [0.4, 0.5) is 0 Å². The molecule has 1 aliphatic rings. The van der Waals surface area contributed by atoms with E-state index >= 15 is 0 Å². The van der Waals surface area contributed by atoms with Gasteiger partial charge in [0, 0.05) is 25.4 Å². The Labute approximate surface area is 129 Å². The molecule has 1 aromatic heterocycles. The van der Waals surface area contributed by atoms with Gasteiger partial charge >= 0.3 is 0 Å². The molecule has 0 aliphatic carbocycles. The van der Waals surface area contributed by atoms with Crippen LogP contribution >= 0.6 is 0 Å². The Morgan fingerprint density at radius 2 is 1.95 bits per heavy atom. The smallest absolute Gasteiger partial charge is 0.263 e. The third-order valence-electron chi connectivity index (χ3n) is 3.55. The molecule has 6 nitrogen and oxygen atoms in total. The van der Waals surface area contributed by atoms with Crippen LogP contribution in [-0.2, 0) is 9.53 Å². The lowest BCUT2D eigenvalue weighted by Gasteiger charge is -2.28. The molecular weight excluding hydrogens is 282 g/mol. The van der Waals surface area contributed by atoms with Gasteiger partial charge in [0.25, 0.3) is 5.91 Å². The van der Waals surface area contributed by atoms with E-state index in [1.54, 1.807) is 22.6 Å². The average Bonchev–Trinajstić information content (AvgIpc) is 3.04. The molecular formula is C16H19N3O3. The van der Waals surface area contributed by atoms with Crippen LogP contribution in [0.5, 0.6) is 5.88 Å². The molecule has 2 aromatic rings. The third-order valence-corrected chi connectivity index (χ3v) is 3.55. The van der Waals surface area contributed by atoms with Crippen LogP contribution in [0.15, 0.2) is 42.6 Å². The van der Waals surface area contributed by atoms with Crippen LogP contribution in [0, 0.1) is 0 Å². The summed E-state index contributed by atoms with van der Waals surface area (Å²) in [7, 11) is 0. The molecule has 116 valence electrons. The van der Waals surface area contributed by atoms with Crippen LogP contribution in [0.1, 0.15) is 6.92 Å². The number of benzene rings is 1. The molecule has 1 fully saturated rings. The van der Waals surface area contributed by atoms with Crippen LogP contribution in [0.2, 0.25) is 0 Å². The molecule has 0 radical (unpaired) electrons. The van der Waals surface area contributed by atoms with Crippen molar-refractivity contribution in [3.63, 3.8) is 0 Å². The van der Waals surface area contributed by atoms with Crippen molar-refractivity contribution < 1.29 is 14.3 Å². The van der Waals surface area contributed by atoms with Crippen molar-refractivity contribution in [2.24, 2.45) is 0 Å². The molecule has 0 saturated carbocycles. The number of carbonyl (C=O) groups is 1. The number of hydrogen-bond donors (Lipinski definition) is 0. The van der Waals surface area contributed by atoms with Gasteiger partial charge in [-0.25, -0.2) is 4.68 Å². The predicted octanol–water partition coefficient (Wildman–Crippen LogP) is 1.50. The zero-order valence-corrected chi connectivity index (χ0v) is 12.5. The normalized spacial score (nSPS) is 16.3. The summed E-state index contributed by atoms with van der Waals surface area (Å²) in [6, 6.07) is 11.5. The maximum absolute atomic E-state index is 12.3. The van der Waals surface area contributed by atoms with Crippen LogP contribution in [-0.4, -0.2) is 53.0 Å². The number of nitrogens with zero attached hydrogens (tertiary/aromatic N) is 3. The molecule has 1 aliphatic heterocycles. The minimum absolute atomic E-state index is 0.0300. The maximum Gasteiger partial charge on any atom is 0.263 e. The Bertz CT molecular complexity index is 621. The Morgan fingerprint density at radius 3 is 2.68 bits per heavy atom. The van der Waals surface area contributed by atoms with Crippen LogP contribution in [0.25, 0.3) is 5.69 Å². The lowest BCUT2D eigenvalue weighted by molar-refractivity contribution is -0.142. The van der Waals surface area contributed by atoms with Gasteiger partial charge in [-0.1, -0.05) is 18.2 Å². The number of aromatic nitrogens is 2. The Hall–Kier alpha value is -2.34. The van der Waals surface area contributed by atoms with E-state index in [0.717, 1.165) is 5.69 Å². The first-order chi connectivity index (χ1) is 10.7. The molecule has 22 heavy (non-hydrogen) atoms. The summed E-state index contributed by atoms with van der Waals surface area (Å²) in [6.45, 7) is 4.15. The van der Waals surface area contributed by atoms with Gasteiger partial charge in [0.15, 0.2) is 6.10 Å². The van der Waals surface area contributed by atoms with E-state index in [2.05, 4.69) is 5.10 Å². The molecule has 1 atom stereocenters. The minimum atomic E-state index is -0.558. The zero-order chi connectivity index (χ0) is 15.4. The van der Waals surface area contributed by atoms with Crippen molar-refractivity contribution in [3.8, 4) is 11.6 Å². The van der Waals surface area contributed by atoms with Crippen molar-refractivity contribution in [1.29, 1.82) is 0 Å². The van der Waals surface area contributed by atoms with E-state index in [4.69, 9.17) is 9.47 Å². The molecule has 0 N–H and O–H groups in total. The third kappa shape index (κ3) is 3.28. The molecule has 6 heteroatoms. The zero-order valence-electron chi connectivity index (χ0n) is 12.5. The number of hydrogen-bond acceptors (Lipinski definition) is 4. The molecule has 2 heterocycles. The van der Waals surface area contributed by atoms with Crippen molar-refractivity contribution in [3.05, 3.63) is 42.6 Å². The lowest BCUT2D eigenvalue weighted by atomic mass is 10.3. The van der Waals surface area contributed by atoms with Crippen LogP contribution in [0.3, 0.4) is 0 Å². The first kappa shape index (κ1) is 14.6. The van der Waals surface area contributed by atoms with E-state index in [1.165, 1.54) is 0 Å². The molecule has 0 spiro atoms. The highest BCUT2D eigenvalue weighted by Crippen LogP contribution is 2.14. The van der Waals surface area contributed by atoms with E-state index in [1.807, 2.05) is 36.5 Å². The maximum atomic E-state index is 12.3. The van der Waals surface area contributed by atoms with Gasteiger partial charge < -0.3 is 14.4 Å². The fourth-order valence-electron chi connectivity index (χ4n) is 2.37. The summed E-state index contributed by atoms with van der Waals surface area (Å²) >= 11 is 0. The van der Waals surface area contributed by atoms with Gasteiger partial charge in [-0.05, 0) is 19.1 Å². The summed E-state index contributed by atoms with van der Waals surface area (Å²) in [5.41, 5.74) is 0.949. The van der Waals surface area contributed by atoms with Gasteiger partial charge in [0.05, 0.1) is 18.9 Å². The SMILES string of the molecule is C[C@@H](Oc1ccn(-c2ccccc2)n1)C(=O)N1CCOCC1. The monoisotopic (exact) mass is 301 g/mol. The standard InChI is InChI=1S/C16H19N3O3/c1-13(16(20)18-9-11-21-12-10-18)22-15-7-8-19(17-15)14-5-3-2-4-6-14/h2-8,13H,9-12H2,1H3/t13-/m1/s1. The number of amides is 1. The molecule has 1 saturated heterocycles. The first-order valence-corrected chi connectivity index (χ1v) is 7.38. The fraction of sp³-hybridized carbons (Fsp3) is 0.375. The second-order valence-corrected chi connectivity index (χ2v) is 5.13. The second kappa shape index (κ2) is 6.62. The summed E-state index contributed by atoms with van der Waals surface area (Å²) in [5, 5.41) is 4.35. The fourth-order valence-corrected chi connectivity index (χ4v) is 2.37. The molecule has 3 rings (SSSR count). The lowest BCUT2D eigenvalue weighted by Crippen LogP contribution is -2.46. The average molecular weight is 301 g/mol. The Balaban J connectivity index is 1.63. The molecule has 1 aromatic carbocycles. The highest BCUT2D eigenvalue weighted by molar-refractivity contribution is 5.80. The minimum Gasteiger partial charge on any atom is -0.463 e. The quantitative estimate of drug-likeness (QED) is 0.859. The molecule has 0 bridgehead atoms. The van der Waals surface area contributed by atoms with Gasteiger partial charge in [-0.2, -0.15) is 0 Å². The molecule has 0 unspecified atom stereocenters. The first-order valence-electron chi connectivity index (χ1n) is 7.38. The Morgan fingerprint density at radius 1 is 1.23 bits per heavy atom. The number of para-hydroxylation sites is 1. The topological polar surface area (TPSA) is 56.6 Å².